The lowest BCUT2D eigenvalue weighted by molar-refractivity contribution is -0.220. The lowest BCUT2D eigenvalue weighted by Gasteiger charge is -2.41. The molecule has 0 bridgehead atoms. The molecule has 0 heterocycles. The van der Waals surface area contributed by atoms with Gasteiger partial charge in [0, 0.05) is 6.42 Å². The Labute approximate surface area is 397 Å². The van der Waals surface area contributed by atoms with E-state index in [4.69, 9.17) is 9.05 Å². The predicted molar refractivity (Wildman–Crippen MR) is 265 cm³/mol. The van der Waals surface area contributed by atoms with E-state index in [1.165, 1.54) is 193 Å². The molecule has 0 radical (unpaired) electrons. The van der Waals surface area contributed by atoms with Gasteiger partial charge in [-0.05, 0) is 12.8 Å². The number of aliphatic hydroxyl groups excluding tert-OH is 6. The number of aliphatic hydroxyl groups is 6. The van der Waals surface area contributed by atoms with Crippen LogP contribution in [0.25, 0.3) is 0 Å². The fourth-order valence-corrected chi connectivity index (χ4v) is 10.2. The van der Waals surface area contributed by atoms with E-state index >= 15 is 0 Å². The molecule has 0 aliphatic heterocycles. The molecule has 0 aromatic rings. The lowest BCUT2D eigenvalue weighted by Crippen LogP contribution is -2.64. The molecule has 0 spiro atoms. The first kappa shape index (κ1) is 62.4. The minimum absolute atomic E-state index is 0.243. The smallest absolute Gasteiger partial charge is 0.391 e. The molecule has 9 atom stereocenters. The molecule has 1 amide bonds. The number of carbonyl (C=O) groups excluding carboxylic acids is 1. The van der Waals surface area contributed by atoms with E-state index in [0.717, 1.165) is 38.5 Å². The Kier molecular flexibility index (Phi) is 40.5. The molecule has 1 saturated carbocycles. The molecule has 12 nitrogen and oxygen atoms in total. The van der Waals surface area contributed by atoms with Crippen LogP contribution in [0.1, 0.15) is 271 Å². The maximum atomic E-state index is 13.0. The van der Waals surface area contributed by atoms with Crippen molar-refractivity contribution in [2.75, 3.05) is 6.61 Å². The van der Waals surface area contributed by atoms with Crippen LogP contribution in [-0.4, -0.2) is 96.8 Å². The van der Waals surface area contributed by atoms with Crippen LogP contribution in [0.3, 0.4) is 0 Å². The van der Waals surface area contributed by atoms with Crippen molar-refractivity contribution in [3.05, 3.63) is 0 Å². The number of unbranched alkanes of at least 4 members (excludes halogenated alkanes) is 36. The molecule has 13 heteroatoms. The second-order valence-corrected chi connectivity index (χ2v) is 21.2. The zero-order valence-corrected chi connectivity index (χ0v) is 42.7. The van der Waals surface area contributed by atoms with Gasteiger partial charge in [-0.3, -0.25) is 13.8 Å². The fourth-order valence-electron chi connectivity index (χ4n) is 9.21. The van der Waals surface area contributed by atoms with Gasteiger partial charge in [-0.25, -0.2) is 4.57 Å². The van der Waals surface area contributed by atoms with Crippen molar-refractivity contribution in [3.63, 3.8) is 0 Å². The van der Waals surface area contributed by atoms with Crippen LogP contribution in [0.15, 0.2) is 0 Å². The highest BCUT2D eigenvalue weighted by Crippen LogP contribution is 2.47. The van der Waals surface area contributed by atoms with Crippen LogP contribution >= 0.6 is 7.82 Å². The second kappa shape index (κ2) is 42.2. The van der Waals surface area contributed by atoms with Crippen molar-refractivity contribution in [2.24, 2.45) is 0 Å². The molecular weight excluding hydrogens is 846 g/mol. The first-order chi connectivity index (χ1) is 31.4. The van der Waals surface area contributed by atoms with E-state index in [-0.39, 0.29) is 12.3 Å². The summed E-state index contributed by atoms with van der Waals surface area (Å²) < 4.78 is 23.1. The Morgan fingerprint density at radius 2 is 0.738 bits per heavy atom. The van der Waals surface area contributed by atoms with Gasteiger partial charge in [0.1, 0.15) is 36.6 Å². The van der Waals surface area contributed by atoms with E-state index in [1.807, 2.05) is 0 Å². The highest BCUT2D eigenvalue weighted by Gasteiger charge is 2.51. The first-order valence-electron chi connectivity index (χ1n) is 27.5. The van der Waals surface area contributed by atoms with Crippen molar-refractivity contribution >= 4 is 13.7 Å². The van der Waals surface area contributed by atoms with Gasteiger partial charge in [-0.15, -0.1) is 0 Å². The molecule has 1 rings (SSSR count). The summed E-state index contributed by atoms with van der Waals surface area (Å²) in [6, 6.07) is -1.03. The third-order valence-electron chi connectivity index (χ3n) is 13.7. The average Bonchev–Trinajstić information content (AvgIpc) is 3.29. The molecule has 8 N–H and O–H groups in total. The van der Waals surface area contributed by atoms with Gasteiger partial charge in [-0.1, -0.05) is 251 Å². The number of phosphoric acid groups is 1. The number of phosphoric ester groups is 1. The van der Waals surface area contributed by atoms with Crippen molar-refractivity contribution in [1.29, 1.82) is 0 Å². The molecule has 0 aromatic carbocycles. The summed E-state index contributed by atoms with van der Waals surface area (Å²) in [5.74, 6) is -0.301. The van der Waals surface area contributed by atoms with E-state index < -0.39 is 63.2 Å². The maximum Gasteiger partial charge on any atom is 0.472 e. The van der Waals surface area contributed by atoms with Crippen LogP contribution in [0.5, 0.6) is 0 Å². The number of carbonyl (C=O) groups is 1. The highest BCUT2D eigenvalue weighted by molar-refractivity contribution is 7.47. The van der Waals surface area contributed by atoms with Gasteiger partial charge in [-0.2, -0.15) is 0 Å². The Morgan fingerprint density at radius 3 is 1.06 bits per heavy atom. The summed E-state index contributed by atoms with van der Waals surface area (Å²) in [4.78, 5) is 23.5. The molecule has 0 saturated heterocycles. The topological polar surface area (TPSA) is 206 Å². The van der Waals surface area contributed by atoms with Crippen molar-refractivity contribution in [3.8, 4) is 0 Å². The van der Waals surface area contributed by atoms with E-state index in [1.54, 1.807) is 0 Å². The number of nitrogens with one attached hydrogen (secondary N) is 1. The molecule has 1 aliphatic rings. The molecule has 388 valence electrons. The van der Waals surface area contributed by atoms with Gasteiger partial charge >= 0.3 is 7.82 Å². The summed E-state index contributed by atoms with van der Waals surface area (Å²) in [6.07, 6.45) is 35.6. The van der Waals surface area contributed by atoms with Crippen molar-refractivity contribution in [2.45, 2.75) is 319 Å². The molecule has 0 aromatic heterocycles. The minimum atomic E-state index is -5.06. The summed E-state index contributed by atoms with van der Waals surface area (Å²) in [7, 11) is -5.06. The zero-order chi connectivity index (χ0) is 47.8. The third-order valence-corrected chi connectivity index (χ3v) is 14.7. The predicted octanol–water partition coefficient (Wildman–Crippen LogP) is 11.8. The second-order valence-electron chi connectivity index (χ2n) is 19.8. The van der Waals surface area contributed by atoms with Gasteiger partial charge in [0.2, 0.25) is 5.91 Å². The normalized spacial score (nSPS) is 21.9. The van der Waals surface area contributed by atoms with Crippen LogP contribution in [0.4, 0.5) is 0 Å². The monoisotopic (exact) mass is 950 g/mol. The standard InChI is InChI=1S/C52H104NO11P/c1-3-5-7-9-11-13-15-17-19-20-21-22-23-24-25-26-28-30-32-34-36-38-40-42-46(55)53-44(43-63-65(61,62)64-52-50(59)48(57)47(56)49(58)51(52)60)45(54)41-39-37-35-33-31-29-27-18-16-14-12-10-8-6-4-2/h44-45,47-52,54,56-60H,3-43H2,1-2H3,(H,53,55)(H,61,62)/t44-,45+,47?,48-,49+,50+,51+,52?/m0/s1. The van der Waals surface area contributed by atoms with Gasteiger partial charge in [0.05, 0.1) is 18.8 Å². The number of hydrogen-bond donors (Lipinski definition) is 8. The average molecular weight is 950 g/mol. The van der Waals surface area contributed by atoms with Gasteiger partial charge in [0.25, 0.3) is 0 Å². The van der Waals surface area contributed by atoms with Gasteiger partial charge in [0.15, 0.2) is 0 Å². The summed E-state index contributed by atoms with van der Waals surface area (Å²) in [5.41, 5.74) is 0. The van der Waals surface area contributed by atoms with Crippen LogP contribution in [0, 0.1) is 0 Å². The summed E-state index contributed by atoms with van der Waals surface area (Å²) in [6.45, 7) is 3.93. The van der Waals surface area contributed by atoms with Crippen LogP contribution < -0.4 is 5.32 Å². The molecular formula is C52H104NO11P. The molecule has 3 unspecified atom stereocenters. The van der Waals surface area contributed by atoms with Gasteiger partial charge < -0.3 is 40.8 Å². The Bertz CT molecular complexity index is 1100. The maximum absolute atomic E-state index is 13.0. The van der Waals surface area contributed by atoms with Crippen molar-refractivity contribution < 1.29 is 53.9 Å². The van der Waals surface area contributed by atoms with E-state index in [2.05, 4.69) is 19.2 Å². The highest BCUT2D eigenvalue weighted by atomic mass is 31.2. The number of amides is 1. The number of rotatable bonds is 47. The Balaban J connectivity index is 2.33. The van der Waals surface area contributed by atoms with Crippen LogP contribution in [0.2, 0.25) is 0 Å². The largest absolute Gasteiger partial charge is 0.472 e. The Morgan fingerprint density at radius 1 is 0.462 bits per heavy atom. The molecule has 1 aliphatic carbocycles. The van der Waals surface area contributed by atoms with E-state index in [9.17, 15) is 44.9 Å². The third kappa shape index (κ3) is 33.5. The van der Waals surface area contributed by atoms with Crippen LogP contribution in [-0.2, 0) is 18.4 Å². The molecule has 65 heavy (non-hydrogen) atoms. The first-order valence-corrected chi connectivity index (χ1v) is 29.0. The minimum Gasteiger partial charge on any atom is -0.391 e. The summed E-state index contributed by atoms with van der Waals surface area (Å²) >= 11 is 0. The number of hydrogen-bond acceptors (Lipinski definition) is 10. The Hall–Kier alpha value is -0.660. The van der Waals surface area contributed by atoms with Crippen molar-refractivity contribution in [1.82, 2.24) is 5.32 Å². The zero-order valence-electron chi connectivity index (χ0n) is 41.8. The summed E-state index contributed by atoms with van der Waals surface area (Å²) in [5, 5.41) is 64.4. The lowest BCUT2D eigenvalue weighted by atomic mass is 9.85. The van der Waals surface area contributed by atoms with E-state index in [0.29, 0.717) is 19.3 Å². The molecule has 1 fully saturated rings. The fraction of sp³-hybridized carbons (Fsp3) is 0.981. The SMILES string of the molecule is CCCCCCCCCCCCCCCCCCCCCCCCCC(=O)N[C@@H](COP(=O)(O)OC1[C@H](O)[C@H](O)C(O)[C@H](O)[C@H]1O)[C@H](O)CCCCCCCCCCCCCCCCC. The quantitative estimate of drug-likeness (QED) is 0.0213.